The van der Waals surface area contributed by atoms with Crippen molar-refractivity contribution in [2.24, 2.45) is 0 Å². The number of fused-ring (bicyclic) bond motifs is 2. The van der Waals surface area contributed by atoms with Gasteiger partial charge in [-0.05, 0) is 78.3 Å². The molecule has 4 aromatic carbocycles. The molecule has 0 spiro atoms. The fourth-order valence-corrected chi connectivity index (χ4v) is 6.49. The van der Waals surface area contributed by atoms with E-state index in [0.717, 1.165) is 61.5 Å². The number of rotatable bonds is 8. The van der Waals surface area contributed by atoms with Crippen LogP contribution in [-0.2, 0) is 11.2 Å². The summed E-state index contributed by atoms with van der Waals surface area (Å²) in [4.78, 5) is 10.2. The number of morpholine rings is 1. The number of anilines is 1. The van der Waals surface area contributed by atoms with Crippen LogP contribution in [0.15, 0.2) is 95.5 Å². The molecule has 1 unspecified atom stereocenters. The predicted molar refractivity (Wildman–Crippen MR) is 171 cm³/mol. The van der Waals surface area contributed by atoms with Gasteiger partial charge in [0.05, 0.1) is 18.7 Å². The predicted octanol–water partition coefficient (Wildman–Crippen LogP) is 7.66. The molecule has 0 N–H and O–H groups in total. The van der Waals surface area contributed by atoms with E-state index in [1.165, 1.54) is 38.4 Å². The molecule has 1 aliphatic rings. The standard InChI is InChI=1S/C35H36BrN3O/c1-38(2)16-15-32(31-14-8-12-26-11-6-7-13-30(26)31)33-24-29(36)23-27-22-28(21-25-9-4-3-5-10-25)35(37-34(27)33)39-17-19-40-20-18-39/h3-14,22-24,32H,15-21H2,1-2H3. The van der Waals surface area contributed by atoms with Crippen molar-refractivity contribution in [1.82, 2.24) is 9.88 Å². The Kier molecular flexibility index (Phi) is 8.15. The first-order valence-electron chi connectivity index (χ1n) is 14.2. The maximum Gasteiger partial charge on any atom is 0.132 e. The highest BCUT2D eigenvalue weighted by molar-refractivity contribution is 9.10. The quantitative estimate of drug-likeness (QED) is 0.185. The Morgan fingerprint density at radius 1 is 0.850 bits per heavy atom. The molecule has 0 bridgehead atoms. The summed E-state index contributed by atoms with van der Waals surface area (Å²) in [5.41, 5.74) is 6.30. The van der Waals surface area contributed by atoms with Crippen LogP contribution in [-0.4, -0.2) is 56.8 Å². The van der Waals surface area contributed by atoms with Gasteiger partial charge in [-0.3, -0.25) is 0 Å². The van der Waals surface area contributed by atoms with Gasteiger partial charge in [0.2, 0.25) is 0 Å². The normalized spacial score (nSPS) is 14.8. The Labute approximate surface area is 245 Å². The van der Waals surface area contributed by atoms with Gasteiger partial charge < -0.3 is 14.5 Å². The van der Waals surface area contributed by atoms with Crippen LogP contribution in [0.5, 0.6) is 0 Å². The summed E-state index contributed by atoms with van der Waals surface area (Å²) < 4.78 is 6.81. The van der Waals surface area contributed by atoms with Crippen molar-refractivity contribution < 1.29 is 4.74 Å². The number of aromatic nitrogens is 1. The topological polar surface area (TPSA) is 28.6 Å². The molecule has 4 nitrogen and oxygen atoms in total. The smallest absolute Gasteiger partial charge is 0.132 e. The molecule has 1 atom stereocenters. The van der Waals surface area contributed by atoms with Crippen LogP contribution < -0.4 is 4.90 Å². The Morgan fingerprint density at radius 2 is 1.60 bits per heavy atom. The number of benzene rings is 4. The van der Waals surface area contributed by atoms with Gasteiger partial charge in [0.15, 0.2) is 0 Å². The summed E-state index contributed by atoms with van der Waals surface area (Å²) >= 11 is 3.88. The molecule has 5 aromatic rings. The van der Waals surface area contributed by atoms with Crippen LogP contribution in [0.2, 0.25) is 0 Å². The molecule has 0 saturated carbocycles. The monoisotopic (exact) mass is 593 g/mol. The molecule has 0 amide bonds. The lowest BCUT2D eigenvalue weighted by Gasteiger charge is -2.30. The zero-order valence-electron chi connectivity index (χ0n) is 23.3. The second kappa shape index (κ2) is 12.1. The molecule has 0 radical (unpaired) electrons. The molecular weight excluding hydrogens is 558 g/mol. The van der Waals surface area contributed by atoms with Crippen LogP contribution in [0.4, 0.5) is 5.82 Å². The maximum absolute atomic E-state index is 5.72. The third kappa shape index (κ3) is 5.78. The average molecular weight is 595 g/mol. The third-order valence-corrected chi connectivity index (χ3v) is 8.41. The van der Waals surface area contributed by atoms with Gasteiger partial charge in [-0.15, -0.1) is 0 Å². The van der Waals surface area contributed by atoms with Gasteiger partial charge in [0.25, 0.3) is 0 Å². The van der Waals surface area contributed by atoms with E-state index in [9.17, 15) is 0 Å². The zero-order chi connectivity index (χ0) is 27.5. The van der Waals surface area contributed by atoms with E-state index >= 15 is 0 Å². The summed E-state index contributed by atoms with van der Waals surface area (Å²) in [7, 11) is 4.31. The van der Waals surface area contributed by atoms with Crippen molar-refractivity contribution in [3.8, 4) is 0 Å². The SMILES string of the molecule is CN(C)CCC(c1cccc2ccccc12)c1cc(Br)cc2cc(Cc3ccccc3)c(N3CCOCC3)nc12. The average Bonchev–Trinajstić information content (AvgIpc) is 2.98. The highest BCUT2D eigenvalue weighted by Gasteiger charge is 2.24. The first kappa shape index (κ1) is 26.9. The summed E-state index contributed by atoms with van der Waals surface area (Å²) in [6.07, 6.45) is 1.86. The Hall–Kier alpha value is -3.25. The van der Waals surface area contributed by atoms with Crippen LogP contribution in [0.25, 0.3) is 21.7 Å². The summed E-state index contributed by atoms with van der Waals surface area (Å²) in [6.45, 7) is 4.18. The van der Waals surface area contributed by atoms with Gasteiger partial charge >= 0.3 is 0 Å². The van der Waals surface area contributed by atoms with Crippen molar-refractivity contribution >= 4 is 43.4 Å². The number of ether oxygens (including phenoxy) is 1. The molecule has 0 aliphatic carbocycles. The molecule has 5 heteroatoms. The summed E-state index contributed by atoms with van der Waals surface area (Å²) in [5, 5.41) is 3.78. The van der Waals surface area contributed by atoms with E-state index in [1.807, 2.05) is 0 Å². The molecule has 204 valence electrons. The molecule has 1 aromatic heterocycles. The third-order valence-electron chi connectivity index (χ3n) is 7.96. The zero-order valence-corrected chi connectivity index (χ0v) is 24.9. The van der Waals surface area contributed by atoms with Gasteiger partial charge in [0.1, 0.15) is 5.82 Å². The Morgan fingerprint density at radius 3 is 2.40 bits per heavy atom. The minimum atomic E-state index is 0.207. The first-order valence-corrected chi connectivity index (χ1v) is 15.0. The van der Waals surface area contributed by atoms with Crippen molar-refractivity contribution in [3.63, 3.8) is 0 Å². The number of nitrogens with zero attached hydrogens (tertiary/aromatic N) is 3. The van der Waals surface area contributed by atoms with Crippen LogP contribution in [0.3, 0.4) is 0 Å². The Bertz CT molecular complexity index is 1610. The van der Waals surface area contributed by atoms with Crippen LogP contribution in [0.1, 0.15) is 34.6 Å². The highest BCUT2D eigenvalue weighted by Crippen LogP contribution is 2.39. The molecule has 1 fully saturated rings. The maximum atomic E-state index is 5.72. The summed E-state index contributed by atoms with van der Waals surface area (Å²) in [5.74, 6) is 1.30. The molecular formula is C35H36BrN3O. The number of hydrogen-bond donors (Lipinski definition) is 0. The molecule has 6 rings (SSSR count). The van der Waals surface area contributed by atoms with E-state index in [2.05, 4.69) is 131 Å². The lowest BCUT2D eigenvalue weighted by Crippen LogP contribution is -2.37. The molecule has 40 heavy (non-hydrogen) atoms. The van der Waals surface area contributed by atoms with E-state index in [4.69, 9.17) is 9.72 Å². The Balaban J connectivity index is 1.55. The summed E-state index contributed by atoms with van der Waals surface area (Å²) in [6, 6.07) is 33.1. The van der Waals surface area contributed by atoms with Crippen LogP contribution >= 0.6 is 15.9 Å². The van der Waals surface area contributed by atoms with Gasteiger partial charge in [-0.1, -0.05) is 88.7 Å². The molecule has 1 saturated heterocycles. The fourth-order valence-electron chi connectivity index (χ4n) is 5.99. The highest BCUT2D eigenvalue weighted by atomic mass is 79.9. The van der Waals surface area contributed by atoms with E-state index < -0.39 is 0 Å². The number of halogens is 1. The van der Waals surface area contributed by atoms with Crippen molar-refractivity contribution in [1.29, 1.82) is 0 Å². The van der Waals surface area contributed by atoms with E-state index in [1.54, 1.807) is 0 Å². The van der Waals surface area contributed by atoms with Crippen LogP contribution in [0, 0.1) is 0 Å². The first-order chi connectivity index (χ1) is 19.6. The van der Waals surface area contributed by atoms with Crippen molar-refractivity contribution in [2.45, 2.75) is 18.8 Å². The van der Waals surface area contributed by atoms with Gasteiger partial charge in [0, 0.05) is 35.3 Å². The largest absolute Gasteiger partial charge is 0.378 e. The minimum Gasteiger partial charge on any atom is -0.378 e. The lowest BCUT2D eigenvalue weighted by molar-refractivity contribution is 0.122. The van der Waals surface area contributed by atoms with E-state index in [0.29, 0.717) is 0 Å². The van der Waals surface area contributed by atoms with E-state index in [-0.39, 0.29) is 5.92 Å². The molecule has 2 heterocycles. The minimum absolute atomic E-state index is 0.207. The van der Waals surface area contributed by atoms with Gasteiger partial charge in [-0.2, -0.15) is 0 Å². The van der Waals surface area contributed by atoms with Crippen molar-refractivity contribution in [2.75, 3.05) is 51.8 Å². The molecule has 1 aliphatic heterocycles. The van der Waals surface area contributed by atoms with Crippen molar-refractivity contribution in [3.05, 3.63) is 118 Å². The number of hydrogen-bond acceptors (Lipinski definition) is 4. The second-order valence-corrected chi connectivity index (χ2v) is 11.9. The lowest BCUT2D eigenvalue weighted by atomic mass is 9.84. The van der Waals surface area contributed by atoms with Gasteiger partial charge in [-0.25, -0.2) is 4.98 Å². The number of pyridine rings is 1. The fraction of sp³-hybridized carbons (Fsp3) is 0.286. The second-order valence-electron chi connectivity index (χ2n) is 11.0.